The molecule has 23 heavy (non-hydrogen) atoms. The molecule has 0 saturated carbocycles. The topological polar surface area (TPSA) is 89.0 Å². The number of thioether (sulfide) groups is 2. The van der Waals surface area contributed by atoms with Gasteiger partial charge in [-0.05, 0) is 19.3 Å². The van der Waals surface area contributed by atoms with E-state index >= 15 is 0 Å². The van der Waals surface area contributed by atoms with E-state index < -0.39 is 9.84 Å². The number of sulfone groups is 1. The summed E-state index contributed by atoms with van der Waals surface area (Å²) in [4.78, 5) is 12.2. The molecule has 1 N–H and O–H groups in total. The average molecular weight is 396 g/mol. The van der Waals surface area contributed by atoms with Crippen molar-refractivity contribution in [2.45, 2.75) is 47.2 Å². The number of hydrogen-bond acceptors (Lipinski definition) is 8. The first-order valence-corrected chi connectivity index (χ1v) is 11.9. The second kappa shape index (κ2) is 8.17. The van der Waals surface area contributed by atoms with Gasteiger partial charge in [0.15, 0.2) is 18.5 Å². The highest BCUT2D eigenvalue weighted by atomic mass is 32.2. The van der Waals surface area contributed by atoms with Crippen LogP contribution in [-0.4, -0.2) is 53.1 Å². The Balaban J connectivity index is 1.81. The highest BCUT2D eigenvalue weighted by Crippen LogP contribution is 2.32. The minimum absolute atomic E-state index is 0.0466. The van der Waals surface area contributed by atoms with Crippen LogP contribution in [0.3, 0.4) is 0 Å². The standard InChI is InChI=1S/C13H21N3O3S4/c1-8(2)6-20-12-15-16-13(22-12)21-9(3)11(17)14-10-4-5-23(18,19)7-10/h8-10H,4-7H2,1-3H3,(H,14,17)/t9-,10+/m0/s1. The lowest BCUT2D eigenvalue weighted by Crippen LogP contribution is -2.39. The molecular weight excluding hydrogens is 374 g/mol. The summed E-state index contributed by atoms with van der Waals surface area (Å²) in [6.45, 7) is 6.10. The summed E-state index contributed by atoms with van der Waals surface area (Å²) < 4.78 is 24.5. The van der Waals surface area contributed by atoms with Crippen LogP contribution < -0.4 is 5.32 Å². The molecule has 6 nitrogen and oxygen atoms in total. The smallest absolute Gasteiger partial charge is 0.233 e. The lowest BCUT2D eigenvalue weighted by atomic mass is 10.2. The van der Waals surface area contributed by atoms with E-state index in [0.29, 0.717) is 12.3 Å². The molecule has 2 heterocycles. The SMILES string of the molecule is CC(C)CSc1nnc(S[C@@H](C)C(=O)N[C@@H]2CCS(=O)(=O)C2)s1. The van der Waals surface area contributed by atoms with Gasteiger partial charge in [-0.1, -0.05) is 48.7 Å². The van der Waals surface area contributed by atoms with E-state index in [1.54, 1.807) is 18.7 Å². The number of carbonyl (C=O) groups excluding carboxylic acids is 1. The fourth-order valence-corrected chi connectivity index (χ4v) is 6.80. The van der Waals surface area contributed by atoms with Gasteiger partial charge in [0.25, 0.3) is 0 Å². The van der Waals surface area contributed by atoms with Gasteiger partial charge < -0.3 is 5.32 Å². The maximum Gasteiger partial charge on any atom is 0.233 e. The van der Waals surface area contributed by atoms with Crippen LogP contribution in [0.15, 0.2) is 8.68 Å². The van der Waals surface area contributed by atoms with Gasteiger partial charge >= 0.3 is 0 Å². The maximum atomic E-state index is 12.2. The zero-order valence-electron chi connectivity index (χ0n) is 13.3. The predicted octanol–water partition coefficient (Wildman–Crippen LogP) is 2.07. The van der Waals surface area contributed by atoms with Crippen molar-refractivity contribution in [1.29, 1.82) is 0 Å². The molecule has 0 unspecified atom stereocenters. The van der Waals surface area contributed by atoms with Gasteiger partial charge in [0.1, 0.15) is 0 Å². The van der Waals surface area contributed by atoms with E-state index in [1.165, 1.54) is 23.1 Å². The molecule has 0 aliphatic carbocycles. The summed E-state index contributed by atoms with van der Waals surface area (Å²) in [5.41, 5.74) is 0. The molecule has 2 atom stereocenters. The number of nitrogens with one attached hydrogen (secondary N) is 1. The van der Waals surface area contributed by atoms with Crippen molar-refractivity contribution in [3.05, 3.63) is 0 Å². The molecule has 0 aromatic carbocycles. The third kappa shape index (κ3) is 6.24. The molecule has 0 radical (unpaired) electrons. The Morgan fingerprint density at radius 3 is 2.65 bits per heavy atom. The Hall–Kier alpha value is -0.320. The largest absolute Gasteiger partial charge is 0.351 e. The zero-order chi connectivity index (χ0) is 17.0. The molecule has 1 fully saturated rings. The summed E-state index contributed by atoms with van der Waals surface area (Å²) in [7, 11) is -2.98. The Morgan fingerprint density at radius 2 is 2.04 bits per heavy atom. The van der Waals surface area contributed by atoms with Gasteiger partial charge in [-0.15, -0.1) is 10.2 Å². The predicted molar refractivity (Wildman–Crippen MR) is 96.0 cm³/mol. The second-order valence-corrected chi connectivity index (χ2v) is 12.0. The highest BCUT2D eigenvalue weighted by molar-refractivity contribution is 8.03. The van der Waals surface area contributed by atoms with Crippen molar-refractivity contribution in [1.82, 2.24) is 15.5 Å². The Bertz CT molecular complexity index is 645. The van der Waals surface area contributed by atoms with Crippen LogP contribution in [0, 0.1) is 5.92 Å². The van der Waals surface area contributed by atoms with Crippen molar-refractivity contribution >= 4 is 50.6 Å². The number of carbonyl (C=O) groups is 1. The molecule has 2 rings (SSSR count). The molecule has 1 aliphatic heterocycles. The third-order valence-electron chi connectivity index (χ3n) is 3.15. The van der Waals surface area contributed by atoms with E-state index in [4.69, 9.17) is 0 Å². The molecule has 1 aromatic heterocycles. The quantitative estimate of drug-likeness (QED) is 0.707. The van der Waals surface area contributed by atoms with Crippen molar-refractivity contribution in [3.8, 4) is 0 Å². The van der Waals surface area contributed by atoms with Crippen molar-refractivity contribution in [2.24, 2.45) is 5.92 Å². The minimum Gasteiger partial charge on any atom is -0.351 e. The van der Waals surface area contributed by atoms with Crippen LogP contribution >= 0.6 is 34.9 Å². The number of nitrogens with zero attached hydrogens (tertiary/aromatic N) is 2. The molecule has 1 aromatic rings. The van der Waals surface area contributed by atoms with Gasteiger partial charge in [0, 0.05) is 11.8 Å². The van der Waals surface area contributed by atoms with E-state index in [-0.39, 0.29) is 28.7 Å². The summed E-state index contributed by atoms with van der Waals surface area (Å²) in [6.07, 6.45) is 0.500. The monoisotopic (exact) mass is 395 g/mol. The highest BCUT2D eigenvalue weighted by Gasteiger charge is 2.30. The molecule has 10 heteroatoms. The van der Waals surface area contributed by atoms with Gasteiger partial charge in [0.05, 0.1) is 16.8 Å². The van der Waals surface area contributed by atoms with Crippen LogP contribution in [0.2, 0.25) is 0 Å². The van der Waals surface area contributed by atoms with E-state index in [1.807, 2.05) is 0 Å². The summed E-state index contributed by atoms with van der Waals surface area (Å²) in [6, 6.07) is -0.262. The average Bonchev–Trinajstić information content (AvgIpc) is 3.03. The first-order valence-electron chi connectivity index (χ1n) is 7.39. The number of aromatic nitrogens is 2. The Kier molecular flexibility index (Phi) is 6.76. The molecule has 0 bridgehead atoms. The van der Waals surface area contributed by atoms with Gasteiger partial charge in [-0.3, -0.25) is 4.79 Å². The van der Waals surface area contributed by atoms with Gasteiger partial charge in [0.2, 0.25) is 5.91 Å². The first-order chi connectivity index (χ1) is 10.7. The fraction of sp³-hybridized carbons (Fsp3) is 0.769. The van der Waals surface area contributed by atoms with E-state index in [2.05, 4.69) is 29.4 Å². The van der Waals surface area contributed by atoms with Crippen LogP contribution in [0.1, 0.15) is 27.2 Å². The summed E-state index contributed by atoms with van der Waals surface area (Å²) >= 11 is 4.53. The number of amides is 1. The summed E-state index contributed by atoms with van der Waals surface area (Å²) in [5.74, 6) is 1.64. The molecular formula is C13H21N3O3S4. The third-order valence-corrected chi connectivity index (χ3v) is 8.59. The maximum absolute atomic E-state index is 12.2. The van der Waals surface area contributed by atoms with Gasteiger partial charge in [-0.25, -0.2) is 8.42 Å². The summed E-state index contributed by atoms with van der Waals surface area (Å²) in [5, 5.41) is 10.7. The molecule has 1 saturated heterocycles. The normalized spacial score (nSPS) is 21.5. The number of hydrogen-bond donors (Lipinski definition) is 1. The van der Waals surface area contributed by atoms with Crippen molar-refractivity contribution in [2.75, 3.05) is 17.3 Å². The zero-order valence-corrected chi connectivity index (χ0v) is 16.6. The van der Waals surface area contributed by atoms with Crippen molar-refractivity contribution < 1.29 is 13.2 Å². The van der Waals surface area contributed by atoms with Crippen LogP contribution in [0.4, 0.5) is 0 Å². The van der Waals surface area contributed by atoms with Crippen LogP contribution in [0.5, 0.6) is 0 Å². The van der Waals surface area contributed by atoms with E-state index in [9.17, 15) is 13.2 Å². The minimum atomic E-state index is -2.98. The molecule has 0 spiro atoms. The number of rotatable bonds is 7. The lowest BCUT2D eigenvalue weighted by molar-refractivity contribution is -0.120. The van der Waals surface area contributed by atoms with Crippen LogP contribution in [0.25, 0.3) is 0 Å². The van der Waals surface area contributed by atoms with Crippen molar-refractivity contribution in [3.63, 3.8) is 0 Å². The van der Waals surface area contributed by atoms with E-state index in [0.717, 1.165) is 14.4 Å². The molecule has 1 aliphatic rings. The lowest BCUT2D eigenvalue weighted by Gasteiger charge is -2.14. The first kappa shape index (κ1) is 19.0. The van der Waals surface area contributed by atoms with Crippen LogP contribution in [-0.2, 0) is 14.6 Å². The Labute approximate surface area is 149 Å². The fourth-order valence-electron chi connectivity index (χ4n) is 1.97. The second-order valence-electron chi connectivity index (χ2n) is 5.91. The van der Waals surface area contributed by atoms with Gasteiger partial charge in [-0.2, -0.15) is 0 Å². The molecule has 130 valence electrons. The Morgan fingerprint density at radius 1 is 1.35 bits per heavy atom. The molecule has 1 amide bonds.